The fourth-order valence-electron chi connectivity index (χ4n) is 1.78. The van der Waals surface area contributed by atoms with Gasteiger partial charge in [0.25, 0.3) is 5.06 Å². The summed E-state index contributed by atoms with van der Waals surface area (Å²) in [6.07, 6.45) is -0.0379. The molecule has 0 amide bonds. The summed E-state index contributed by atoms with van der Waals surface area (Å²) in [5.74, 6) is 0.485. The van der Waals surface area contributed by atoms with Crippen LogP contribution in [0.5, 0.6) is 10.8 Å². The molecule has 1 aromatic carbocycles. The highest BCUT2D eigenvalue weighted by molar-refractivity contribution is 7.14. The van der Waals surface area contributed by atoms with Crippen molar-refractivity contribution < 1.29 is 14.8 Å². The maximum Gasteiger partial charge on any atom is 0.323 e. The van der Waals surface area contributed by atoms with Crippen molar-refractivity contribution in [3.05, 3.63) is 49.8 Å². The molecule has 1 heterocycles. The Balaban J connectivity index is 2.36. The zero-order chi connectivity index (χ0) is 15.6. The van der Waals surface area contributed by atoms with Gasteiger partial charge in [-0.1, -0.05) is 29.9 Å². The molecule has 0 saturated carbocycles. The minimum absolute atomic E-state index is 0.149. The highest BCUT2D eigenvalue weighted by atomic mass is 35.5. The number of aliphatic hydroxyl groups is 1. The summed E-state index contributed by atoms with van der Waals surface area (Å²) in [6.45, 7) is 3.51. The number of halogens is 1. The molecule has 5 nitrogen and oxygen atoms in total. The van der Waals surface area contributed by atoms with E-state index >= 15 is 0 Å². The molecular formula is C14H14ClNO4S. The average Bonchev–Trinajstić information content (AvgIpc) is 2.85. The van der Waals surface area contributed by atoms with E-state index in [2.05, 4.69) is 0 Å². The van der Waals surface area contributed by atoms with E-state index in [9.17, 15) is 15.2 Å². The van der Waals surface area contributed by atoms with Crippen molar-refractivity contribution in [1.82, 2.24) is 0 Å². The van der Waals surface area contributed by atoms with Gasteiger partial charge in [-0.15, -0.1) is 0 Å². The van der Waals surface area contributed by atoms with Gasteiger partial charge in [-0.25, -0.2) is 0 Å². The van der Waals surface area contributed by atoms with Crippen molar-refractivity contribution in [2.45, 2.75) is 26.4 Å². The Morgan fingerprint density at radius 2 is 2.19 bits per heavy atom. The van der Waals surface area contributed by atoms with Gasteiger partial charge in [0, 0.05) is 16.0 Å². The van der Waals surface area contributed by atoms with Gasteiger partial charge >= 0.3 is 5.69 Å². The molecule has 0 saturated heterocycles. The number of hydrogen-bond acceptors (Lipinski definition) is 5. The van der Waals surface area contributed by atoms with Crippen LogP contribution in [-0.4, -0.2) is 10.0 Å². The second-order valence-electron chi connectivity index (χ2n) is 4.46. The summed E-state index contributed by atoms with van der Waals surface area (Å²) in [6, 6.07) is 6.45. The van der Waals surface area contributed by atoms with Gasteiger partial charge in [0.1, 0.15) is 5.75 Å². The molecular weight excluding hydrogens is 314 g/mol. The molecule has 0 spiro atoms. The van der Waals surface area contributed by atoms with E-state index < -0.39 is 11.0 Å². The lowest BCUT2D eigenvalue weighted by Crippen LogP contribution is -1.90. The van der Waals surface area contributed by atoms with Crippen LogP contribution in [0.25, 0.3) is 0 Å². The van der Waals surface area contributed by atoms with Crippen LogP contribution in [0.1, 0.15) is 30.4 Å². The molecule has 0 radical (unpaired) electrons. The minimum atomic E-state index is -0.775. The van der Waals surface area contributed by atoms with Crippen LogP contribution < -0.4 is 4.74 Å². The number of aryl methyl sites for hydroxylation is 1. The van der Waals surface area contributed by atoms with Gasteiger partial charge in [-0.3, -0.25) is 10.1 Å². The Morgan fingerprint density at radius 3 is 2.76 bits per heavy atom. The lowest BCUT2D eigenvalue weighted by atomic mass is 10.1. The van der Waals surface area contributed by atoms with Gasteiger partial charge in [0.05, 0.1) is 11.0 Å². The predicted molar refractivity (Wildman–Crippen MR) is 82.5 cm³/mol. The van der Waals surface area contributed by atoms with Gasteiger partial charge in [0.2, 0.25) is 0 Å². The zero-order valence-electron chi connectivity index (χ0n) is 11.5. The van der Waals surface area contributed by atoms with Crippen molar-refractivity contribution in [1.29, 1.82) is 0 Å². The number of thiophene rings is 1. The molecule has 2 aromatic rings. The minimum Gasteiger partial charge on any atom is -0.440 e. The second-order valence-corrected chi connectivity index (χ2v) is 5.92. The van der Waals surface area contributed by atoms with Gasteiger partial charge in [-0.2, -0.15) is 0 Å². The molecule has 0 aliphatic carbocycles. The first kappa shape index (κ1) is 15.8. The third-order valence-electron chi connectivity index (χ3n) is 2.92. The summed E-state index contributed by atoms with van der Waals surface area (Å²) in [5, 5.41) is 21.4. The van der Waals surface area contributed by atoms with Crippen molar-refractivity contribution in [2.75, 3.05) is 0 Å². The van der Waals surface area contributed by atoms with Crippen LogP contribution in [0.15, 0.2) is 24.3 Å². The Bertz CT molecular complexity index is 669. The third-order valence-corrected chi connectivity index (χ3v) is 4.46. The number of hydrogen-bond donors (Lipinski definition) is 1. The van der Waals surface area contributed by atoms with Gasteiger partial charge < -0.3 is 9.84 Å². The van der Waals surface area contributed by atoms with E-state index in [-0.39, 0.29) is 10.8 Å². The van der Waals surface area contributed by atoms with E-state index in [1.165, 1.54) is 6.07 Å². The fraction of sp³-hybridized carbons (Fsp3) is 0.286. The van der Waals surface area contributed by atoms with Crippen LogP contribution in [0.3, 0.4) is 0 Å². The van der Waals surface area contributed by atoms with Crippen molar-refractivity contribution in [3.63, 3.8) is 0 Å². The average molecular weight is 328 g/mol. The Hall–Kier alpha value is -1.63. The topological polar surface area (TPSA) is 72.6 Å². The smallest absolute Gasteiger partial charge is 0.323 e. The lowest BCUT2D eigenvalue weighted by Gasteiger charge is -2.06. The standard InChI is InChI=1S/C14H14ClNO4S/c1-3-9-6-10(4-5-11(9)15)20-14-12(16(18)19)7-13(21-14)8(2)17/h4-8,17H,3H2,1-2H3. The van der Waals surface area contributed by atoms with E-state index in [0.29, 0.717) is 15.6 Å². The van der Waals surface area contributed by atoms with Crippen LogP contribution in [0.2, 0.25) is 5.02 Å². The maximum atomic E-state index is 11.1. The van der Waals surface area contributed by atoms with E-state index in [1.54, 1.807) is 25.1 Å². The maximum absolute atomic E-state index is 11.1. The highest BCUT2D eigenvalue weighted by Gasteiger charge is 2.23. The van der Waals surface area contributed by atoms with Crippen molar-refractivity contribution >= 4 is 28.6 Å². The van der Waals surface area contributed by atoms with Crippen LogP contribution >= 0.6 is 22.9 Å². The number of nitrogens with zero attached hydrogens (tertiary/aromatic N) is 1. The van der Waals surface area contributed by atoms with Crippen LogP contribution in [0.4, 0.5) is 5.69 Å². The normalized spacial score (nSPS) is 12.2. The number of nitro groups is 1. The fourth-order valence-corrected chi connectivity index (χ4v) is 2.96. The molecule has 0 bridgehead atoms. The summed E-state index contributed by atoms with van der Waals surface area (Å²) >= 11 is 7.09. The molecule has 0 fully saturated rings. The first-order chi connectivity index (χ1) is 9.92. The third kappa shape index (κ3) is 3.53. The van der Waals surface area contributed by atoms with E-state index in [0.717, 1.165) is 23.3 Å². The molecule has 2 rings (SSSR count). The lowest BCUT2D eigenvalue weighted by molar-refractivity contribution is -0.385. The van der Waals surface area contributed by atoms with E-state index in [1.807, 2.05) is 6.92 Å². The number of aliphatic hydroxyl groups excluding tert-OH is 1. The molecule has 21 heavy (non-hydrogen) atoms. The molecule has 1 atom stereocenters. The molecule has 0 aliphatic heterocycles. The molecule has 1 N–H and O–H groups in total. The first-order valence-corrected chi connectivity index (χ1v) is 7.54. The van der Waals surface area contributed by atoms with Gasteiger partial charge in [-0.05, 0) is 37.1 Å². The Morgan fingerprint density at radius 1 is 1.48 bits per heavy atom. The monoisotopic (exact) mass is 327 g/mol. The van der Waals surface area contributed by atoms with Crippen molar-refractivity contribution in [2.24, 2.45) is 0 Å². The summed E-state index contributed by atoms with van der Waals surface area (Å²) in [5.41, 5.74) is 0.757. The summed E-state index contributed by atoms with van der Waals surface area (Å²) < 4.78 is 5.61. The largest absolute Gasteiger partial charge is 0.440 e. The number of ether oxygens (including phenoxy) is 1. The molecule has 1 aromatic heterocycles. The van der Waals surface area contributed by atoms with Crippen LogP contribution in [0, 0.1) is 10.1 Å². The molecule has 7 heteroatoms. The summed E-state index contributed by atoms with van der Waals surface area (Å²) in [4.78, 5) is 11.0. The van der Waals surface area contributed by atoms with Crippen molar-refractivity contribution in [3.8, 4) is 10.8 Å². The van der Waals surface area contributed by atoms with Crippen LogP contribution in [-0.2, 0) is 6.42 Å². The molecule has 0 aliphatic rings. The van der Waals surface area contributed by atoms with E-state index in [4.69, 9.17) is 16.3 Å². The number of benzene rings is 1. The zero-order valence-corrected chi connectivity index (χ0v) is 13.1. The molecule has 1 unspecified atom stereocenters. The Kier molecular flexibility index (Phi) is 4.82. The predicted octanol–water partition coefficient (Wildman–Crippen LogP) is 4.72. The quantitative estimate of drug-likeness (QED) is 0.637. The second kappa shape index (κ2) is 6.43. The van der Waals surface area contributed by atoms with Gasteiger partial charge in [0.15, 0.2) is 0 Å². The molecule has 112 valence electrons. The first-order valence-electron chi connectivity index (χ1n) is 6.34. The Labute approximate surface area is 130 Å². The SMILES string of the molecule is CCc1cc(Oc2sc(C(C)O)cc2[N+](=O)[O-])ccc1Cl. The number of rotatable bonds is 5. The highest BCUT2D eigenvalue weighted by Crippen LogP contribution is 2.42. The summed E-state index contributed by atoms with van der Waals surface area (Å²) in [7, 11) is 0.